The van der Waals surface area contributed by atoms with Crippen LogP contribution >= 0.6 is 23.2 Å². The van der Waals surface area contributed by atoms with Gasteiger partial charge < -0.3 is 15.4 Å². The quantitative estimate of drug-likeness (QED) is 0.650. The maximum absolute atomic E-state index is 13.0. The number of amides is 2. The van der Waals surface area contributed by atoms with Gasteiger partial charge >= 0.3 is 0 Å². The van der Waals surface area contributed by atoms with E-state index < -0.39 is 5.41 Å². The van der Waals surface area contributed by atoms with Crippen LogP contribution in [0.4, 0.5) is 5.69 Å². The summed E-state index contributed by atoms with van der Waals surface area (Å²) in [4.78, 5) is 25.2. The highest BCUT2D eigenvalue weighted by Crippen LogP contribution is 2.45. The number of halogens is 2. The highest BCUT2D eigenvalue weighted by molar-refractivity contribution is 6.34. The predicted octanol–water partition coefficient (Wildman–Crippen LogP) is 4.43. The summed E-state index contributed by atoms with van der Waals surface area (Å²) in [5.41, 5.74) is 1.32. The minimum atomic E-state index is -0.548. The van der Waals surface area contributed by atoms with E-state index in [9.17, 15) is 9.59 Å². The molecule has 0 atom stereocenters. The van der Waals surface area contributed by atoms with E-state index in [0.29, 0.717) is 29.4 Å². The number of methoxy groups -OCH3 is 1. The van der Waals surface area contributed by atoms with Crippen molar-refractivity contribution in [1.82, 2.24) is 5.32 Å². The lowest BCUT2D eigenvalue weighted by Gasteiger charge is -2.40. The summed E-state index contributed by atoms with van der Waals surface area (Å²) in [5, 5.41) is 6.59. The molecular weight excluding hydrogens is 399 g/mol. The molecule has 0 heterocycles. The van der Waals surface area contributed by atoms with Crippen molar-refractivity contribution >= 4 is 40.7 Å². The molecule has 1 saturated carbocycles. The average Bonchev–Trinajstić information content (AvgIpc) is 2.62. The van der Waals surface area contributed by atoms with Gasteiger partial charge in [0.2, 0.25) is 5.91 Å². The van der Waals surface area contributed by atoms with Gasteiger partial charge in [-0.15, -0.1) is 0 Å². The van der Waals surface area contributed by atoms with Crippen molar-refractivity contribution in [2.24, 2.45) is 0 Å². The number of carbonyl (C=O) groups is 2. The molecule has 0 aromatic heterocycles. The number of rotatable bonds is 7. The summed E-state index contributed by atoms with van der Waals surface area (Å²) in [7, 11) is 1.57. The highest BCUT2D eigenvalue weighted by atomic mass is 35.5. The molecule has 0 radical (unpaired) electrons. The zero-order valence-corrected chi connectivity index (χ0v) is 17.1. The van der Waals surface area contributed by atoms with Gasteiger partial charge in [-0.3, -0.25) is 9.59 Å². The second kappa shape index (κ2) is 8.95. The molecule has 28 heavy (non-hydrogen) atoms. The fourth-order valence-electron chi connectivity index (χ4n) is 3.34. The molecule has 0 unspecified atom stereocenters. The van der Waals surface area contributed by atoms with Crippen LogP contribution < -0.4 is 10.6 Å². The number of benzene rings is 2. The Kier molecular flexibility index (Phi) is 6.60. The Morgan fingerprint density at radius 2 is 1.82 bits per heavy atom. The molecule has 5 nitrogen and oxygen atoms in total. The Morgan fingerprint density at radius 1 is 1.11 bits per heavy atom. The van der Waals surface area contributed by atoms with Gasteiger partial charge in [-0.2, -0.15) is 0 Å². The van der Waals surface area contributed by atoms with Crippen LogP contribution in [0.5, 0.6) is 0 Å². The van der Waals surface area contributed by atoms with Crippen LogP contribution in [-0.2, 0) is 14.9 Å². The van der Waals surface area contributed by atoms with E-state index in [4.69, 9.17) is 27.9 Å². The van der Waals surface area contributed by atoms with Gasteiger partial charge in [-0.25, -0.2) is 0 Å². The second-order valence-electron chi connectivity index (χ2n) is 6.84. The van der Waals surface area contributed by atoms with Gasteiger partial charge in [0.25, 0.3) is 5.91 Å². The molecule has 0 aliphatic heterocycles. The molecule has 2 amide bonds. The first-order valence-electron chi connectivity index (χ1n) is 9.10. The molecule has 0 spiro atoms. The standard InChI is InChI=1S/C21H22Cl2N2O3/c1-28-12-11-24-19(26)17-8-7-16(13-18(17)23)25-20(27)21(9-2-10-21)14-3-5-15(22)6-4-14/h3-8,13H,2,9-12H2,1H3,(H,24,26)(H,25,27). The van der Waals surface area contributed by atoms with Crippen molar-refractivity contribution in [3.63, 3.8) is 0 Å². The van der Waals surface area contributed by atoms with Crippen LogP contribution in [0.25, 0.3) is 0 Å². The summed E-state index contributed by atoms with van der Waals surface area (Å²) < 4.78 is 4.91. The molecule has 1 fully saturated rings. The lowest BCUT2D eigenvalue weighted by atomic mass is 9.64. The summed E-state index contributed by atoms with van der Waals surface area (Å²) in [5.74, 6) is -0.356. The van der Waals surface area contributed by atoms with E-state index >= 15 is 0 Å². The maximum atomic E-state index is 13.0. The van der Waals surface area contributed by atoms with Gasteiger partial charge in [0.1, 0.15) is 0 Å². The fourth-order valence-corrected chi connectivity index (χ4v) is 3.73. The summed E-state index contributed by atoms with van der Waals surface area (Å²) in [6.07, 6.45) is 2.57. The van der Waals surface area contributed by atoms with Crippen LogP contribution in [0.3, 0.4) is 0 Å². The third kappa shape index (κ3) is 4.32. The fraction of sp³-hybridized carbons (Fsp3) is 0.333. The molecule has 0 saturated heterocycles. The topological polar surface area (TPSA) is 67.4 Å². The Hall–Kier alpha value is -2.08. The van der Waals surface area contributed by atoms with E-state index in [1.165, 1.54) is 0 Å². The van der Waals surface area contributed by atoms with E-state index in [1.54, 1.807) is 37.4 Å². The predicted molar refractivity (Wildman–Crippen MR) is 111 cm³/mol. The Morgan fingerprint density at radius 3 is 2.39 bits per heavy atom. The molecule has 2 aromatic carbocycles. The van der Waals surface area contributed by atoms with Crippen LogP contribution in [0, 0.1) is 0 Å². The normalized spacial score (nSPS) is 14.8. The van der Waals surface area contributed by atoms with E-state index in [-0.39, 0.29) is 16.8 Å². The molecule has 0 bridgehead atoms. The minimum absolute atomic E-state index is 0.0746. The number of ether oxygens (including phenoxy) is 1. The molecule has 1 aliphatic carbocycles. The van der Waals surface area contributed by atoms with Crippen molar-refractivity contribution < 1.29 is 14.3 Å². The summed E-state index contributed by atoms with van der Waals surface area (Å²) in [6.45, 7) is 0.818. The van der Waals surface area contributed by atoms with E-state index in [2.05, 4.69) is 10.6 Å². The van der Waals surface area contributed by atoms with Crippen molar-refractivity contribution in [2.75, 3.05) is 25.6 Å². The van der Waals surface area contributed by atoms with Crippen molar-refractivity contribution in [2.45, 2.75) is 24.7 Å². The van der Waals surface area contributed by atoms with Gasteiger partial charge in [-0.1, -0.05) is 41.8 Å². The minimum Gasteiger partial charge on any atom is -0.383 e. The Bertz CT molecular complexity index is 864. The molecule has 2 aromatic rings. The van der Waals surface area contributed by atoms with E-state index in [1.807, 2.05) is 12.1 Å². The first kappa shape index (κ1) is 20.6. The van der Waals surface area contributed by atoms with Crippen molar-refractivity contribution in [3.8, 4) is 0 Å². The van der Waals surface area contributed by atoms with Crippen LogP contribution in [0.1, 0.15) is 35.2 Å². The molecular formula is C21H22Cl2N2O3. The molecule has 2 N–H and O–H groups in total. The first-order chi connectivity index (χ1) is 13.5. The Labute approximate surface area is 174 Å². The zero-order chi connectivity index (χ0) is 20.1. The molecule has 3 rings (SSSR count). The number of anilines is 1. The smallest absolute Gasteiger partial charge is 0.252 e. The van der Waals surface area contributed by atoms with Crippen LogP contribution in [0.15, 0.2) is 42.5 Å². The van der Waals surface area contributed by atoms with Gasteiger partial charge in [0.05, 0.1) is 22.6 Å². The zero-order valence-electron chi connectivity index (χ0n) is 15.6. The molecule has 148 valence electrons. The molecule has 7 heteroatoms. The maximum Gasteiger partial charge on any atom is 0.252 e. The van der Waals surface area contributed by atoms with Gasteiger partial charge in [0, 0.05) is 24.4 Å². The summed E-state index contributed by atoms with van der Waals surface area (Å²) in [6, 6.07) is 12.3. The van der Waals surface area contributed by atoms with Gasteiger partial charge in [-0.05, 0) is 48.7 Å². The van der Waals surface area contributed by atoms with E-state index in [0.717, 1.165) is 24.8 Å². The SMILES string of the molecule is COCCNC(=O)c1ccc(NC(=O)C2(c3ccc(Cl)cc3)CCC2)cc1Cl. The number of hydrogen-bond acceptors (Lipinski definition) is 3. The van der Waals surface area contributed by atoms with Gasteiger partial charge in [0.15, 0.2) is 0 Å². The highest BCUT2D eigenvalue weighted by Gasteiger charge is 2.45. The molecule has 1 aliphatic rings. The third-order valence-corrected chi connectivity index (χ3v) is 5.67. The number of carbonyl (C=O) groups excluding carboxylic acids is 2. The first-order valence-corrected chi connectivity index (χ1v) is 9.86. The lowest BCUT2D eigenvalue weighted by molar-refractivity contribution is -0.124. The third-order valence-electron chi connectivity index (χ3n) is 5.10. The number of nitrogens with one attached hydrogen (secondary N) is 2. The van der Waals surface area contributed by atoms with Crippen molar-refractivity contribution in [3.05, 3.63) is 63.6 Å². The Balaban J connectivity index is 1.72. The van der Waals surface area contributed by atoms with Crippen molar-refractivity contribution in [1.29, 1.82) is 0 Å². The second-order valence-corrected chi connectivity index (χ2v) is 7.68. The van der Waals surface area contributed by atoms with Crippen LogP contribution in [0.2, 0.25) is 10.0 Å². The largest absolute Gasteiger partial charge is 0.383 e. The summed E-state index contributed by atoms with van der Waals surface area (Å²) >= 11 is 12.2. The lowest BCUT2D eigenvalue weighted by Crippen LogP contribution is -2.46. The average molecular weight is 421 g/mol. The van der Waals surface area contributed by atoms with Crippen LogP contribution in [-0.4, -0.2) is 32.1 Å². The number of hydrogen-bond donors (Lipinski definition) is 2. The monoisotopic (exact) mass is 420 g/mol.